The lowest BCUT2D eigenvalue weighted by Crippen LogP contribution is -2.47. The van der Waals surface area contributed by atoms with Gasteiger partial charge in [-0.1, -0.05) is 19.8 Å². The van der Waals surface area contributed by atoms with E-state index in [2.05, 4.69) is 27.4 Å². The first kappa shape index (κ1) is 22.0. The maximum absolute atomic E-state index is 5.32. The highest BCUT2D eigenvalue weighted by Crippen LogP contribution is 2.40. The zero-order valence-electron chi connectivity index (χ0n) is 15.8. The molecule has 0 spiro atoms. The molecule has 1 heterocycles. The number of likely N-dealkylation sites (tertiary alicyclic amines) is 1. The topological polar surface area (TPSA) is 48.9 Å². The van der Waals surface area contributed by atoms with Gasteiger partial charge in [0.15, 0.2) is 5.96 Å². The quantitative estimate of drug-likeness (QED) is 0.338. The Morgan fingerprint density at radius 2 is 2.00 bits per heavy atom. The molecule has 1 aliphatic carbocycles. The smallest absolute Gasteiger partial charge is 0.191 e. The lowest BCUT2D eigenvalue weighted by Gasteiger charge is -2.30. The van der Waals surface area contributed by atoms with Gasteiger partial charge in [0, 0.05) is 39.9 Å². The van der Waals surface area contributed by atoms with Gasteiger partial charge in [-0.2, -0.15) is 0 Å². The van der Waals surface area contributed by atoms with Crippen LogP contribution in [0.15, 0.2) is 4.99 Å². The zero-order valence-corrected chi connectivity index (χ0v) is 18.1. The molecule has 1 saturated carbocycles. The first-order valence-corrected chi connectivity index (χ1v) is 9.40. The minimum Gasteiger partial charge on any atom is -0.385 e. The van der Waals surface area contributed by atoms with Crippen LogP contribution in [0.1, 0.15) is 51.9 Å². The van der Waals surface area contributed by atoms with Gasteiger partial charge in [0.25, 0.3) is 0 Å². The van der Waals surface area contributed by atoms with Crippen molar-refractivity contribution in [1.82, 2.24) is 15.5 Å². The van der Waals surface area contributed by atoms with Gasteiger partial charge >= 0.3 is 0 Å². The number of nitrogens with one attached hydrogen (secondary N) is 2. The molecule has 24 heavy (non-hydrogen) atoms. The Hall–Kier alpha value is -0.0800. The molecule has 142 valence electrons. The second-order valence-electron chi connectivity index (χ2n) is 7.18. The molecule has 0 amide bonds. The Labute approximate surface area is 165 Å². The Kier molecular flexibility index (Phi) is 10.5. The maximum atomic E-state index is 5.32. The van der Waals surface area contributed by atoms with E-state index < -0.39 is 0 Å². The van der Waals surface area contributed by atoms with Crippen molar-refractivity contribution in [1.29, 1.82) is 0 Å². The predicted octanol–water partition coefficient (Wildman–Crippen LogP) is 2.85. The summed E-state index contributed by atoms with van der Waals surface area (Å²) in [7, 11) is 3.68. The first-order valence-electron chi connectivity index (χ1n) is 9.40. The van der Waals surface area contributed by atoms with E-state index in [1.54, 1.807) is 7.11 Å². The molecule has 0 radical (unpaired) electrons. The van der Waals surface area contributed by atoms with Crippen molar-refractivity contribution in [2.75, 3.05) is 46.9 Å². The summed E-state index contributed by atoms with van der Waals surface area (Å²) >= 11 is 0. The van der Waals surface area contributed by atoms with Gasteiger partial charge in [-0.05, 0) is 50.6 Å². The van der Waals surface area contributed by atoms with Crippen LogP contribution in [0.4, 0.5) is 0 Å². The van der Waals surface area contributed by atoms with Crippen molar-refractivity contribution < 1.29 is 4.74 Å². The number of rotatable bonds is 8. The Morgan fingerprint density at radius 3 is 2.62 bits per heavy atom. The molecule has 2 N–H and O–H groups in total. The Morgan fingerprint density at radius 1 is 1.25 bits per heavy atom. The standard InChI is InChI=1S/C18H36N4O.HI/c1-4-22-12-7-8-16(22)14-20-17(19-2)21-15-18(11-13-23-3)9-5-6-10-18;/h16H,4-15H2,1-3H3,(H2,19,20,21);1H. The highest BCUT2D eigenvalue weighted by molar-refractivity contribution is 14.0. The largest absolute Gasteiger partial charge is 0.385 e. The van der Waals surface area contributed by atoms with E-state index in [4.69, 9.17) is 4.74 Å². The average Bonchev–Trinajstić information content (AvgIpc) is 3.22. The molecule has 1 unspecified atom stereocenters. The van der Waals surface area contributed by atoms with Crippen LogP contribution < -0.4 is 10.6 Å². The van der Waals surface area contributed by atoms with Crippen molar-refractivity contribution in [2.24, 2.45) is 10.4 Å². The van der Waals surface area contributed by atoms with Crippen LogP contribution in [0.3, 0.4) is 0 Å². The summed E-state index contributed by atoms with van der Waals surface area (Å²) < 4.78 is 5.32. The second-order valence-corrected chi connectivity index (χ2v) is 7.18. The van der Waals surface area contributed by atoms with Gasteiger partial charge < -0.3 is 15.4 Å². The van der Waals surface area contributed by atoms with E-state index in [1.807, 2.05) is 7.05 Å². The van der Waals surface area contributed by atoms with Crippen molar-refractivity contribution in [2.45, 2.75) is 57.9 Å². The van der Waals surface area contributed by atoms with Gasteiger partial charge in [0.05, 0.1) is 0 Å². The van der Waals surface area contributed by atoms with Crippen LogP contribution in [0.25, 0.3) is 0 Å². The van der Waals surface area contributed by atoms with E-state index in [-0.39, 0.29) is 24.0 Å². The molecule has 2 fully saturated rings. The summed E-state index contributed by atoms with van der Waals surface area (Å²) in [5, 5.41) is 7.12. The van der Waals surface area contributed by atoms with Crippen molar-refractivity contribution in [3.63, 3.8) is 0 Å². The molecule has 1 saturated heterocycles. The highest BCUT2D eigenvalue weighted by Gasteiger charge is 2.33. The number of aliphatic imine (C=N–C) groups is 1. The fraction of sp³-hybridized carbons (Fsp3) is 0.944. The molecule has 0 aromatic heterocycles. The number of halogens is 1. The minimum atomic E-state index is 0. The van der Waals surface area contributed by atoms with Crippen molar-refractivity contribution in [3.8, 4) is 0 Å². The fourth-order valence-electron chi connectivity index (χ4n) is 4.21. The van der Waals surface area contributed by atoms with Crippen LogP contribution >= 0.6 is 24.0 Å². The van der Waals surface area contributed by atoms with Gasteiger partial charge in [-0.25, -0.2) is 0 Å². The Balaban J connectivity index is 0.00000288. The lowest BCUT2D eigenvalue weighted by molar-refractivity contribution is 0.138. The summed E-state index contributed by atoms with van der Waals surface area (Å²) in [4.78, 5) is 6.98. The number of likely N-dealkylation sites (N-methyl/N-ethyl adjacent to an activating group) is 1. The van der Waals surface area contributed by atoms with Crippen molar-refractivity contribution in [3.05, 3.63) is 0 Å². The van der Waals surface area contributed by atoms with E-state index in [1.165, 1.54) is 45.1 Å². The molecule has 0 bridgehead atoms. The molecular weight excluding hydrogens is 415 g/mol. The second kappa shape index (κ2) is 11.5. The third kappa shape index (κ3) is 6.33. The van der Waals surface area contributed by atoms with Gasteiger partial charge in [-0.15, -0.1) is 24.0 Å². The zero-order chi connectivity index (χ0) is 16.5. The molecule has 2 rings (SSSR count). The summed E-state index contributed by atoms with van der Waals surface area (Å²) in [6.45, 7) is 7.52. The van der Waals surface area contributed by atoms with E-state index in [0.717, 1.165) is 38.6 Å². The molecule has 1 aliphatic heterocycles. The number of nitrogens with zero attached hydrogens (tertiary/aromatic N) is 2. The van der Waals surface area contributed by atoms with Crippen LogP contribution in [-0.2, 0) is 4.74 Å². The summed E-state index contributed by atoms with van der Waals surface area (Å²) in [5.74, 6) is 0.955. The molecule has 5 nitrogen and oxygen atoms in total. The minimum absolute atomic E-state index is 0. The number of hydrogen-bond acceptors (Lipinski definition) is 3. The summed E-state index contributed by atoms with van der Waals surface area (Å²) in [5.41, 5.74) is 0.399. The number of guanidine groups is 1. The predicted molar refractivity (Wildman–Crippen MR) is 112 cm³/mol. The van der Waals surface area contributed by atoms with Crippen LogP contribution in [-0.4, -0.2) is 63.8 Å². The molecule has 6 heteroatoms. The van der Waals surface area contributed by atoms with Gasteiger partial charge in [-0.3, -0.25) is 9.89 Å². The monoisotopic (exact) mass is 452 g/mol. The first-order chi connectivity index (χ1) is 11.2. The lowest BCUT2D eigenvalue weighted by atomic mass is 9.83. The molecule has 0 aromatic carbocycles. The van der Waals surface area contributed by atoms with Crippen LogP contribution in [0.5, 0.6) is 0 Å². The summed E-state index contributed by atoms with van der Waals surface area (Å²) in [6.07, 6.45) is 9.11. The Bertz CT molecular complexity index is 372. The number of hydrogen-bond donors (Lipinski definition) is 2. The third-order valence-corrected chi connectivity index (χ3v) is 5.77. The van der Waals surface area contributed by atoms with Crippen LogP contribution in [0.2, 0.25) is 0 Å². The normalized spacial score (nSPS) is 24.0. The maximum Gasteiger partial charge on any atom is 0.191 e. The fourth-order valence-corrected chi connectivity index (χ4v) is 4.21. The third-order valence-electron chi connectivity index (χ3n) is 5.77. The van der Waals surface area contributed by atoms with E-state index in [0.29, 0.717) is 11.5 Å². The SMILES string of the molecule is CCN1CCCC1CNC(=NC)NCC1(CCOC)CCCC1.I. The highest BCUT2D eigenvalue weighted by atomic mass is 127. The van der Waals surface area contributed by atoms with Gasteiger partial charge in [0.1, 0.15) is 0 Å². The molecule has 0 aromatic rings. The summed E-state index contributed by atoms with van der Waals surface area (Å²) in [6, 6.07) is 0.660. The molecular formula is C18H37IN4O. The van der Waals surface area contributed by atoms with E-state index in [9.17, 15) is 0 Å². The van der Waals surface area contributed by atoms with E-state index >= 15 is 0 Å². The molecule has 2 aliphatic rings. The number of methoxy groups -OCH3 is 1. The molecule has 1 atom stereocenters. The number of ether oxygens (including phenoxy) is 1. The van der Waals surface area contributed by atoms with Gasteiger partial charge in [0.2, 0.25) is 0 Å². The average molecular weight is 452 g/mol. The van der Waals surface area contributed by atoms with Crippen molar-refractivity contribution >= 4 is 29.9 Å². The van der Waals surface area contributed by atoms with Crippen LogP contribution in [0, 0.1) is 5.41 Å².